The van der Waals surface area contributed by atoms with Gasteiger partial charge in [0.25, 0.3) is 0 Å². The van der Waals surface area contributed by atoms with Crippen molar-refractivity contribution >= 4 is 22.5 Å². The summed E-state index contributed by atoms with van der Waals surface area (Å²) in [4.78, 5) is 15.1. The van der Waals surface area contributed by atoms with Crippen molar-refractivity contribution in [2.75, 3.05) is 0 Å². The highest BCUT2D eigenvalue weighted by Gasteiger charge is 2.02. The number of pyridine rings is 1. The Morgan fingerprint density at radius 3 is 3.14 bits per heavy atom. The van der Waals surface area contributed by atoms with Crippen molar-refractivity contribution in [2.45, 2.75) is 12.7 Å². The molecule has 2 aromatic rings. The quantitative estimate of drug-likeness (QED) is 0.754. The fraction of sp³-hybridized carbons (Fsp3) is 0.200. The Bertz CT molecular complexity index is 431. The van der Waals surface area contributed by atoms with Crippen LogP contribution in [0.25, 0.3) is 5.65 Å². The van der Waals surface area contributed by atoms with Crippen molar-refractivity contribution in [3.63, 3.8) is 0 Å². The molecule has 4 heteroatoms. The van der Waals surface area contributed by atoms with Crippen LogP contribution in [0.4, 0.5) is 0 Å². The molecule has 2 aromatic heterocycles. The van der Waals surface area contributed by atoms with Gasteiger partial charge >= 0.3 is 0 Å². The van der Waals surface area contributed by atoms with E-state index in [0.29, 0.717) is 5.75 Å². The predicted molar refractivity (Wildman–Crippen MR) is 57.2 cm³/mol. The molecule has 0 N–H and O–H groups in total. The van der Waals surface area contributed by atoms with Crippen LogP contribution in [0.15, 0.2) is 30.6 Å². The molecule has 0 radical (unpaired) electrons. The third-order valence-electron chi connectivity index (χ3n) is 1.84. The summed E-state index contributed by atoms with van der Waals surface area (Å²) >= 11 is 1.28. The first kappa shape index (κ1) is 9.27. The minimum Gasteiger partial charge on any atom is -0.307 e. The number of carbonyl (C=O) groups excluding carboxylic acids is 1. The zero-order valence-electron chi connectivity index (χ0n) is 7.80. The van der Waals surface area contributed by atoms with Crippen LogP contribution in [0.2, 0.25) is 0 Å². The first-order chi connectivity index (χ1) is 6.75. The molecule has 0 spiro atoms. The molecule has 14 heavy (non-hydrogen) atoms. The van der Waals surface area contributed by atoms with Crippen molar-refractivity contribution in [3.05, 3.63) is 36.3 Å². The Morgan fingerprint density at radius 2 is 2.43 bits per heavy atom. The molecule has 0 aromatic carbocycles. The molecule has 2 rings (SSSR count). The summed E-state index contributed by atoms with van der Waals surface area (Å²) in [5.41, 5.74) is 1.86. The molecule has 0 saturated heterocycles. The fourth-order valence-corrected chi connectivity index (χ4v) is 1.72. The molecule has 0 aliphatic carbocycles. The molecular formula is C10H10N2OS. The van der Waals surface area contributed by atoms with Gasteiger partial charge in [-0.1, -0.05) is 17.8 Å². The Labute approximate surface area is 86.1 Å². The number of aromatic nitrogens is 2. The summed E-state index contributed by atoms with van der Waals surface area (Å²) in [5.74, 6) is 0.650. The molecule has 3 nitrogen and oxygen atoms in total. The van der Waals surface area contributed by atoms with Crippen LogP contribution in [0, 0.1) is 0 Å². The van der Waals surface area contributed by atoms with Crippen molar-refractivity contribution in [2.24, 2.45) is 0 Å². The van der Waals surface area contributed by atoms with Crippen LogP contribution in [0.5, 0.6) is 0 Å². The fourth-order valence-electron chi connectivity index (χ4n) is 1.23. The summed E-state index contributed by atoms with van der Waals surface area (Å²) in [6, 6.07) is 5.85. The van der Waals surface area contributed by atoms with Crippen molar-refractivity contribution < 1.29 is 4.79 Å². The SMILES string of the molecule is CC(=O)SCc1cn2ccccc2n1. The number of rotatable bonds is 2. The maximum absolute atomic E-state index is 10.8. The normalized spacial score (nSPS) is 10.6. The van der Waals surface area contributed by atoms with E-state index in [1.807, 2.05) is 35.0 Å². The molecule has 0 aliphatic rings. The Kier molecular flexibility index (Phi) is 2.54. The predicted octanol–water partition coefficient (Wildman–Crippen LogP) is 2.11. The number of hydrogen-bond acceptors (Lipinski definition) is 3. The molecule has 0 unspecified atom stereocenters. The average molecular weight is 206 g/mol. The first-order valence-electron chi connectivity index (χ1n) is 4.32. The molecule has 0 atom stereocenters. The van der Waals surface area contributed by atoms with E-state index in [1.54, 1.807) is 6.92 Å². The van der Waals surface area contributed by atoms with Gasteiger partial charge in [-0.3, -0.25) is 4.79 Å². The number of hydrogen-bond donors (Lipinski definition) is 0. The molecular weight excluding hydrogens is 196 g/mol. The number of carbonyl (C=O) groups is 1. The molecule has 0 bridgehead atoms. The van der Waals surface area contributed by atoms with Crippen LogP contribution in [-0.2, 0) is 10.5 Å². The Hall–Kier alpha value is -1.29. The molecule has 0 saturated carbocycles. The lowest BCUT2D eigenvalue weighted by Gasteiger charge is -1.89. The van der Waals surface area contributed by atoms with Gasteiger partial charge in [-0.05, 0) is 12.1 Å². The smallest absolute Gasteiger partial charge is 0.186 e. The zero-order chi connectivity index (χ0) is 9.97. The topological polar surface area (TPSA) is 34.4 Å². The Balaban J connectivity index is 2.22. The monoisotopic (exact) mass is 206 g/mol. The highest BCUT2D eigenvalue weighted by molar-refractivity contribution is 8.12. The van der Waals surface area contributed by atoms with Gasteiger partial charge in [0.2, 0.25) is 0 Å². The second-order valence-electron chi connectivity index (χ2n) is 2.98. The number of fused-ring (bicyclic) bond motifs is 1. The van der Waals surface area contributed by atoms with Gasteiger partial charge in [0, 0.05) is 25.1 Å². The lowest BCUT2D eigenvalue weighted by atomic mass is 10.5. The average Bonchev–Trinajstić information content (AvgIpc) is 2.57. The minimum absolute atomic E-state index is 0.127. The lowest BCUT2D eigenvalue weighted by molar-refractivity contribution is -0.109. The third kappa shape index (κ3) is 1.96. The second-order valence-corrected chi connectivity index (χ2v) is 4.13. The van der Waals surface area contributed by atoms with E-state index < -0.39 is 0 Å². The van der Waals surface area contributed by atoms with Gasteiger partial charge < -0.3 is 4.40 Å². The third-order valence-corrected chi connectivity index (χ3v) is 2.68. The molecule has 72 valence electrons. The van der Waals surface area contributed by atoms with E-state index in [0.717, 1.165) is 11.3 Å². The summed E-state index contributed by atoms with van der Waals surface area (Å²) in [7, 11) is 0. The highest BCUT2D eigenvalue weighted by atomic mass is 32.2. The molecule has 2 heterocycles. The van der Waals surface area contributed by atoms with Gasteiger partial charge in [0.05, 0.1) is 5.69 Å². The second kappa shape index (κ2) is 3.84. The largest absolute Gasteiger partial charge is 0.307 e. The molecule has 0 amide bonds. The lowest BCUT2D eigenvalue weighted by Crippen LogP contribution is -1.84. The molecule has 0 aliphatic heterocycles. The van der Waals surface area contributed by atoms with Gasteiger partial charge in [-0.25, -0.2) is 4.98 Å². The zero-order valence-corrected chi connectivity index (χ0v) is 8.62. The van der Waals surface area contributed by atoms with Crippen molar-refractivity contribution in [1.29, 1.82) is 0 Å². The Morgan fingerprint density at radius 1 is 1.57 bits per heavy atom. The van der Waals surface area contributed by atoms with Crippen LogP contribution in [-0.4, -0.2) is 14.5 Å². The van der Waals surface area contributed by atoms with E-state index in [9.17, 15) is 4.79 Å². The first-order valence-corrected chi connectivity index (χ1v) is 5.30. The number of nitrogens with zero attached hydrogens (tertiary/aromatic N) is 2. The summed E-state index contributed by atoms with van der Waals surface area (Å²) in [6.45, 7) is 1.57. The van der Waals surface area contributed by atoms with Gasteiger partial charge in [-0.2, -0.15) is 0 Å². The highest BCUT2D eigenvalue weighted by Crippen LogP contribution is 2.12. The van der Waals surface area contributed by atoms with Crippen molar-refractivity contribution in [1.82, 2.24) is 9.38 Å². The summed E-state index contributed by atoms with van der Waals surface area (Å²) in [6.07, 6.45) is 3.90. The number of imidazole rings is 1. The van der Waals surface area contributed by atoms with Crippen LogP contribution in [0.1, 0.15) is 12.6 Å². The van der Waals surface area contributed by atoms with E-state index in [2.05, 4.69) is 4.98 Å². The molecule has 0 fully saturated rings. The summed E-state index contributed by atoms with van der Waals surface area (Å²) < 4.78 is 1.95. The van der Waals surface area contributed by atoms with Gasteiger partial charge in [0.15, 0.2) is 5.12 Å². The van der Waals surface area contributed by atoms with Crippen LogP contribution >= 0.6 is 11.8 Å². The van der Waals surface area contributed by atoms with Gasteiger partial charge in [-0.15, -0.1) is 0 Å². The van der Waals surface area contributed by atoms with E-state index in [4.69, 9.17) is 0 Å². The van der Waals surface area contributed by atoms with Crippen LogP contribution in [0.3, 0.4) is 0 Å². The van der Waals surface area contributed by atoms with E-state index in [1.165, 1.54) is 11.8 Å². The summed E-state index contributed by atoms with van der Waals surface area (Å²) in [5, 5.41) is 0.127. The minimum atomic E-state index is 0.127. The van der Waals surface area contributed by atoms with Crippen LogP contribution < -0.4 is 0 Å². The van der Waals surface area contributed by atoms with E-state index in [-0.39, 0.29) is 5.12 Å². The van der Waals surface area contributed by atoms with Gasteiger partial charge in [0.1, 0.15) is 5.65 Å². The maximum Gasteiger partial charge on any atom is 0.186 e. The standard InChI is InChI=1S/C10H10N2OS/c1-8(13)14-7-9-6-12-5-3-2-4-10(12)11-9/h2-6H,7H2,1H3. The van der Waals surface area contributed by atoms with Crippen molar-refractivity contribution in [3.8, 4) is 0 Å². The number of thioether (sulfide) groups is 1. The van der Waals surface area contributed by atoms with E-state index >= 15 is 0 Å². The maximum atomic E-state index is 10.8.